The van der Waals surface area contributed by atoms with Gasteiger partial charge in [0.05, 0.1) is 5.69 Å². The molecule has 1 aliphatic rings. The first-order valence-corrected chi connectivity index (χ1v) is 5.84. The molecule has 0 radical (unpaired) electrons. The molecule has 1 aromatic carbocycles. The van der Waals surface area contributed by atoms with Crippen molar-refractivity contribution in [2.75, 3.05) is 25.9 Å². The molecule has 1 atom stereocenters. The Balaban J connectivity index is 2.07. The Labute approximate surface area is 98.3 Å². The van der Waals surface area contributed by atoms with E-state index >= 15 is 0 Å². The second-order valence-corrected chi connectivity index (χ2v) is 4.89. The third kappa shape index (κ3) is 2.63. The van der Waals surface area contributed by atoms with Gasteiger partial charge in [0, 0.05) is 17.6 Å². The standard InChI is InChI=1S/C11H15BrN2O/c1-14-5-4-9(7-14)15-11-6-8(12)2-3-10(11)13/h2-3,6,9H,4-5,7,13H2,1H3. The highest BCUT2D eigenvalue weighted by molar-refractivity contribution is 9.10. The Hall–Kier alpha value is -0.740. The Morgan fingerprint density at radius 3 is 3.00 bits per heavy atom. The van der Waals surface area contributed by atoms with E-state index in [1.54, 1.807) is 0 Å². The van der Waals surface area contributed by atoms with Gasteiger partial charge in [-0.25, -0.2) is 0 Å². The van der Waals surface area contributed by atoms with Gasteiger partial charge >= 0.3 is 0 Å². The summed E-state index contributed by atoms with van der Waals surface area (Å²) >= 11 is 3.41. The topological polar surface area (TPSA) is 38.5 Å². The van der Waals surface area contributed by atoms with Crippen LogP contribution in [0.1, 0.15) is 6.42 Å². The molecule has 1 aliphatic heterocycles. The number of benzene rings is 1. The van der Waals surface area contributed by atoms with Crippen molar-refractivity contribution >= 4 is 21.6 Å². The van der Waals surface area contributed by atoms with E-state index in [9.17, 15) is 0 Å². The molecule has 0 aromatic heterocycles. The third-order valence-electron chi connectivity index (χ3n) is 2.62. The molecule has 2 N–H and O–H groups in total. The number of ether oxygens (including phenoxy) is 1. The molecule has 1 saturated heterocycles. The number of nitrogen functional groups attached to an aromatic ring is 1. The lowest BCUT2D eigenvalue weighted by Crippen LogP contribution is -2.21. The van der Waals surface area contributed by atoms with Gasteiger partial charge in [0.25, 0.3) is 0 Å². The number of likely N-dealkylation sites (tertiary alicyclic amines) is 1. The van der Waals surface area contributed by atoms with E-state index in [-0.39, 0.29) is 6.10 Å². The quantitative estimate of drug-likeness (QED) is 0.837. The number of halogens is 1. The number of anilines is 1. The maximum Gasteiger partial charge on any atom is 0.143 e. The zero-order chi connectivity index (χ0) is 10.8. The molecule has 0 spiro atoms. The van der Waals surface area contributed by atoms with Gasteiger partial charge in [-0.1, -0.05) is 15.9 Å². The summed E-state index contributed by atoms with van der Waals surface area (Å²) < 4.78 is 6.86. The van der Waals surface area contributed by atoms with Crippen LogP contribution >= 0.6 is 15.9 Å². The monoisotopic (exact) mass is 270 g/mol. The summed E-state index contributed by atoms with van der Waals surface area (Å²) in [5, 5.41) is 0. The van der Waals surface area contributed by atoms with E-state index < -0.39 is 0 Å². The molecule has 4 heteroatoms. The lowest BCUT2D eigenvalue weighted by atomic mass is 10.3. The predicted molar refractivity (Wildman–Crippen MR) is 65.1 cm³/mol. The summed E-state index contributed by atoms with van der Waals surface area (Å²) in [5.74, 6) is 0.782. The van der Waals surface area contributed by atoms with Crippen LogP contribution in [0.25, 0.3) is 0 Å². The van der Waals surface area contributed by atoms with Crippen LogP contribution < -0.4 is 10.5 Å². The van der Waals surface area contributed by atoms with Crippen LogP contribution in [-0.2, 0) is 0 Å². The van der Waals surface area contributed by atoms with Crippen molar-refractivity contribution in [1.82, 2.24) is 4.90 Å². The highest BCUT2D eigenvalue weighted by atomic mass is 79.9. The molecular formula is C11H15BrN2O. The van der Waals surface area contributed by atoms with Gasteiger partial charge in [-0.15, -0.1) is 0 Å². The number of hydrogen-bond acceptors (Lipinski definition) is 3. The average molecular weight is 271 g/mol. The fourth-order valence-corrected chi connectivity index (χ4v) is 2.12. The van der Waals surface area contributed by atoms with Gasteiger partial charge < -0.3 is 15.4 Å². The van der Waals surface area contributed by atoms with E-state index in [4.69, 9.17) is 10.5 Å². The fraction of sp³-hybridized carbons (Fsp3) is 0.455. The van der Waals surface area contributed by atoms with Gasteiger partial charge in [-0.2, -0.15) is 0 Å². The Kier molecular flexibility index (Phi) is 3.17. The Bertz CT molecular complexity index is 356. The van der Waals surface area contributed by atoms with E-state index in [1.165, 1.54) is 0 Å². The molecule has 1 aromatic rings. The van der Waals surface area contributed by atoms with Crippen LogP contribution in [0.15, 0.2) is 22.7 Å². The fourth-order valence-electron chi connectivity index (χ4n) is 1.78. The van der Waals surface area contributed by atoms with Gasteiger partial charge in [-0.05, 0) is 31.7 Å². The third-order valence-corrected chi connectivity index (χ3v) is 3.11. The lowest BCUT2D eigenvalue weighted by Gasteiger charge is -2.15. The van der Waals surface area contributed by atoms with Crippen LogP contribution in [0.5, 0.6) is 5.75 Å². The highest BCUT2D eigenvalue weighted by Gasteiger charge is 2.21. The summed E-state index contributed by atoms with van der Waals surface area (Å²) in [4.78, 5) is 2.26. The van der Waals surface area contributed by atoms with Crippen molar-refractivity contribution in [3.8, 4) is 5.75 Å². The van der Waals surface area contributed by atoms with Crippen LogP contribution in [0.4, 0.5) is 5.69 Å². The SMILES string of the molecule is CN1CCC(Oc2cc(Br)ccc2N)C1. The average Bonchev–Trinajstić information content (AvgIpc) is 2.58. The minimum absolute atomic E-state index is 0.270. The molecule has 0 aliphatic carbocycles. The summed E-state index contributed by atoms with van der Waals surface area (Å²) in [6.07, 6.45) is 1.34. The van der Waals surface area contributed by atoms with E-state index in [2.05, 4.69) is 27.9 Å². The van der Waals surface area contributed by atoms with E-state index in [0.717, 1.165) is 29.7 Å². The smallest absolute Gasteiger partial charge is 0.143 e. The number of nitrogens with two attached hydrogens (primary N) is 1. The van der Waals surface area contributed by atoms with E-state index in [1.807, 2.05) is 18.2 Å². The summed E-state index contributed by atoms with van der Waals surface area (Å²) in [7, 11) is 2.10. The van der Waals surface area contributed by atoms with Gasteiger partial charge in [0.15, 0.2) is 0 Å². The number of likely N-dealkylation sites (N-methyl/N-ethyl adjacent to an activating group) is 1. The first-order chi connectivity index (χ1) is 7.15. The van der Waals surface area contributed by atoms with Gasteiger partial charge in [0.2, 0.25) is 0 Å². The molecule has 2 rings (SSSR count). The molecule has 0 amide bonds. The second-order valence-electron chi connectivity index (χ2n) is 3.97. The summed E-state index contributed by atoms with van der Waals surface area (Å²) in [5.41, 5.74) is 6.54. The Morgan fingerprint density at radius 2 is 2.33 bits per heavy atom. The zero-order valence-corrected chi connectivity index (χ0v) is 10.3. The Morgan fingerprint density at radius 1 is 1.53 bits per heavy atom. The first-order valence-electron chi connectivity index (χ1n) is 5.05. The van der Waals surface area contributed by atoms with Crippen LogP contribution in [0.3, 0.4) is 0 Å². The van der Waals surface area contributed by atoms with Crippen LogP contribution in [-0.4, -0.2) is 31.1 Å². The molecule has 3 nitrogen and oxygen atoms in total. The lowest BCUT2D eigenvalue weighted by molar-refractivity contribution is 0.209. The van der Waals surface area contributed by atoms with Crippen molar-refractivity contribution < 1.29 is 4.74 Å². The zero-order valence-electron chi connectivity index (χ0n) is 8.74. The molecule has 1 unspecified atom stereocenters. The minimum Gasteiger partial charge on any atom is -0.487 e. The molecule has 82 valence electrons. The van der Waals surface area contributed by atoms with Gasteiger partial charge in [0.1, 0.15) is 11.9 Å². The number of hydrogen-bond donors (Lipinski definition) is 1. The maximum atomic E-state index is 5.86. The molecule has 0 saturated carbocycles. The van der Waals surface area contributed by atoms with Crippen LogP contribution in [0, 0.1) is 0 Å². The van der Waals surface area contributed by atoms with Gasteiger partial charge in [-0.3, -0.25) is 0 Å². The summed E-state index contributed by atoms with van der Waals surface area (Å²) in [6, 6.07) is 5.70. The highest BCUT2D eigenvalue weighted by Crippen LogP contribution is 2.28. The second kappa shape index (κ2) is 4.41. The summed E-state index contributed by atoms with van der Waals surface area (Å²) in [6.45, 7) is 2.07. The molecule has 0 bridgehead atoms. The molecular weight excluding hydrogens is 256 g/mol. The number of nitrogens with zero attached hydrogens (tertiary/aromatic N) is 1. The predicted octanol–water partition coefficient (Wildman–Crippen LogP) is 2.11. The van der Waals surface area contributed by atoms with Crippen molar-refractivity contribution in [3.63, 3.8) is 0 Å². The molecule has 15 heavy (non-hydrogen) atoms. The normalized spacial score (nSPS) is 21.9. The molecule has 1 fully saturated rings. The maximum absolute atomic E-state index is 5.86. The largest absolute Gasteiger partial charge is 0.487 e. The van der Waals surface area contributed by atoms with Crippen LogP contribution in [0.2, 0.25) is 0 Å². The van der Waals surface area contributed by atoms with Crippen molar-refractivity contribution in [2.45, 2.75) is 12.5 Å². The molecule has 1 heterocycles. The number of rotatable bonds is 2. The van der Waals surface area contributed by atoms with Crippen molar-refractivity contribution in [3.05, 3.63) is 22.7 Å². The van der Waals surface area contributed by atoms with Crippen molar-refractivity contribution in [1.29, 1.82) is 0 Å². The van der Waals surface area contributed by atoms with Crippen molar-refractivity contribution in [2.24, 2.45) is 0 Å². The minimum atomic E-state index is 0.270. The first kappa shape index (κ1) is 10.8. The van der Waals surface area contributed by atoms with E-state index in [0.29, 0.717) is 5.69 Å².